The molecule has 0 aromatic carbocycles. The van der Waals surface area contributed by atoms with E-state index in [4.69, 9.17) is 8.74 Å². The van der Waals surface area contributed by atoms with E-state index < -0.39 is 10.4 Å². The Morgan fingerprint density at radius 1 is 1.15 bits per heavy atom. The second-order valence-corrected chi connectivity index (χ2v) is 12.8. The molecule has 4 rings (SSSR count). The standard InChI is InChI=1S/C25H39NO5S.Na/c1-23(2)12-5-13-25(4)20(23)10-14-24(3)19(8-6-17-11-15-26-22(17)27)18(7-9-21(24)25)16-31-32(28,29)30;/h11,16,19-21H,5-10,12-15H2,1-4H3,(H,26,27)(H,28,29,30);/q;+1/p-1/b18-16+;/t19-,20-,21-,24+,25-;/m0./s1. The number of hydrogen-bond acceptors (Lipinski definition) is 5. The SMILES string of the molecule is CC1(C)CCC[C@]2(C)[C@H]3CC/C(=C\OS(=O)(=O)O)[C@H](CCC4=CCN=C4[O-])[C@@]3(C)CC[C@@H]12.[Na+]. The zero-order chi connectivity index (χ0) is 23.4. The third-order valence-electron chi connectivity index (χ3n) is 9.68. The fourth-order valence-corrected chi connectivity index (χ4v) is 8.63. The molecular weight excluding hydrogens is 449 g/mol. The van der Waals surface area contributed by atoms with Crippen molar-refractivity contribution in [2.75, 3.05) is 6.54 Å². The first-order valence-corrected chi connectivity index (χ1v) is 13.5. The van der Waals surface area contributed by atoms with Crippen LogP contribution in [0.2, 0.25) is 0 Å². The van der Waals surface area contributed by atoms with Crippen LogP contribution in [0.25, 0.3) is 0 Å². The van der Waals surface area contributed by atoms with E-state index in [1.165, 1.54) is 31.9 Å². The molecule has 180 valence electrons. The maximum atomic E-state index is 12.1. The minimum absolute atomic E-state index is 0. The monoisotopic (exact) mass is 487 g/mol. The molecule has 0 radical (unpaired) electrons. The molecule has 0 aromatic rings. The summed E-state index contributed by atoms with van der Waals surface area (Å²) in [7, 11) is -4.54. The molecule has 0 saturated heterocycles. The van der Waals surface area contributed by atoms with Gasteiger partial charge < -0.3 is 9.29 Å². The molecule has 5 atom stereocenters. The Hall–Kier alpha value is -0.340. The summed E-state index contributed by atoms with van der Waals surface area (Å²) < 4.78 is 36.5. The van der Waals surface area contributed by atoms with Crippen molar-refractivity contribution >= 4 is 16.3 Å². The minimum Gasteiger partial charge on any atom is -0.859 e. The summed E-state index contributed by atoms with van der Waals surface area (Å²) in [6, 6.07) is 0. The van der Waals surface area contributed by atoms with Crippen molar-refractivity contribution < 1.29 is 51.8 Å². The molecule has 4 aliphatic rings. The summed E-state index contributed by atoms with van der Waals surface area (Å²) in [6.07, 6.45) is 12.4. The Balaban J connectivity index is 0.00000306. The molecule has 8 heteroatoms. The van der Waals surface area contributed by atoms with Crippen LogP contribution in [0.4, 0.5) is 0 Å². The molecular formula is C25H38NNaO5S. The maximum Gasteiger partial charge on any atom is 1.00 e. The van der Waals surface area contributed by atoms with Crippen LogP contribution in [0.3, 0.4) is 0 Å². The van der Waals surface area contributed by atoms with Gasteiger partial charge in [-0.2, -0.15) is 8.42 Å². The van der Waals surface area contributed by atoms with Gasteiger partial charge in [-0.1, -0.05) is 40.2 Å². The molecule has 3 aliphatic carbocycles. The van der Waals surface area contributed by atoms with Crippen molar-refractivity contribution in [1.82, 2.24) is 0 Å². The quantitative estimate of drug-likeness (QED) is 0.362. The largest absolute Gasteiger partial charge is 1.00 e. The van der Waals surface area contributed by atoms with E-state index in [-0.39, 0.29) is 52.2 Å². The zero-order valence-corrected chi connectivity index (χ0v) is 23.7. The van der Waals surface area contributed by atoms with E-state index in [1.54, 1.807) is 0 Å². The normalized spacial score (nSPS) is 39.1. The third kappa shape index (κ3) is 5.13. The fourth-order valence-electron chi connectivity index (χ4n) is 8.39. The summed E-state index contributed by atoms with van der Waals surface area (Å²) in [5.41, 5.74) is 2.33. The first-order valence-electron chi connectivity index (χ1n) is 12.1. The molecule has 1 N–H and O–H groups in total. The van der Waals surface area contributed by atoms with Crippen molar-refractivity contribution in [3.05, 3.63) is 23.5 Å². The average molecular weight is 488 g/mol. The van der Waals surface area contributed by atoms with Gasteiger partial charge in [0.2, 0.25) is 0 Å². The predicted octanol–water partition coefficient (Wildman–Crippen LogP) is 1.83. The average Bonchev–Trinajstić information content (AvgIpc) is 3.08. The Morgan fingerprint density at radius 3 is 2.52 bits per heavy atom. The van der Waals surface area contributed by atoms with Crippen LogP contribution in [0.1, 0.15) is 85.5 Å². The molecule has 0 spiro atoms. The van der Waals surface area contributed by atoms with Crippen LogP contribution >= 0.6 is 0 Å². The zero-order valence-electron chi connectivity index (χ0n) is 20.9. The molecule has 0 amide bonds. The number of hydrogen-bond donors (Lipinski definition) is 1. The van der Waals surface area contributed by atoms with Gasteiger partial charge in [-0.3, -0.25) is 9.55 Å². The predicted molar refractivity (Wildman–Crippen MR) is 123 cm³/mol. The van der Waals surface area contributed by atoms with Gasteiger partial charge in [0, 0.05) is 0 Å². The van der Waals surface area contributed by atoms with Crippen molar-refractivity contribution in [3.63, 3.8) is 0 Å². The Labute approximate surface area is 221 Å². The van der Waals surface area contributed by atoms with E-state index in [9.17, 15) is 13.5 Å². The molecule has 33 heavy (non-hydrogen) atoms. The number of fused-ring (bicyclic) bond motifs is 3. The Morgan fingerprint density at radius 2 is 1.88 bits per heavy atom. The van der Waals surface area contributed by atoms with E-state index in [0.29, 0.717) is 30.2 Å². The first-order chi connectivity index (χ1) is 14.9. The van der Waals surface area contributed by atoms with Crippen LogP contribution in [-0.4, -0.2) is 25.4 Å². The summed E-state index contributed by atoms with van der Waals surface area (Å²) >= 11 is 0. The van der Waals surface area contributed by atoms with Crippen LogP contribution in [0.5, 0.6) is 0 Å². The second kappa shape index (κ2) is 9.61. The van der Waals surface area contributed by atoms with Gasteiger partial charge in [-0.15, -0.1) is 0 Å². The summed E-state index contributed by atoms with van der Waals surface area (Å²) in [4.78, 5) is 3.97. The van der Waals surface area contributed by atoms with Crippen LogP contribution in [0, 0.1) is 34.0 Å². The molecule has 3 fully saturated rings. The molecule has 3 saturated carbocycles. The number of aliphatic imine (C=N–C) groups is 1. The summed E-state index contributed by atoms with van der Waals surface area (Å²) in [5.74, 6) is 1.23. The van der Waals surface area contributed by atoms with Crippen LogP contribution in [0.15, 0.2) is 28.5 Å². The van der Waals surface area contributed by atoms with E-state index in [1.807, 2.05) is 6.08 Å². The summed E-state index contributed by atoms with van der Waals surface area (Å²) in [5, 5.41) is 12.1. The maximum absolute atomic E-state index is 12.1. The van der Waals surface area contributed by atoms with Crippen LogP contribution < -0.4 is 34.7 Å². The van der Waals surface area contributed by atoms with Gasteiger partial charge in [-0.05, 0) is 102 Å². The fraction of sp³-hybridized carbons (Fsp3) is 0.800. The number of rotatable bonds is 5. The van der Waals surface area contributed by atoms with Crippen molar-refractivity contribution in [3.8, 4) is 0 Å². The molecule has 0 unspecified atom stereocenters. The van der Waals surface area contributed by atoms with Crippen molar-refractivity contribution in [2.24, 2.45) is 39.0 Å². The second-order valence-electron chi connectivity index (χ2n) is 11.7. The van der Waals surface area contributed by atoms with Crippen molar-refractivity contribution in [2.45, 2.75) is 85.5 Å². The number of allylic oxidation sites excluding steroid dienone is 1. The van der Waals surface area contributed by atoms with E-state index in [2.05, 4.69) is 32.7 Å². The smallest absolute Gasteiger partial charge is 0.859 e. The van der Waals surface area contributed by atoms with Gasteiger partial charge in [0.15, 0.2) is 0 Å². The molecule has 0 aromatic heterocycles. The topological polar surface area (TPSA) is 99.0 Å². The number of nitrogens with zero attached hydrogens (tertiary/aromatic N) is 1. The molecule has 1 aliphatic heterocycles. The van der Waals surface area contributed by atoms with Gasteiger partial charge >= 0.3 is 40.0 Å². The van der Waals surface area contributed by atoms with Gasteiger partial charge in [0.25, 0.3) is 0 Å². The van der Waals surface area contributed by atoms with E-state index >= 15 is 0 Å². The molecule has 6 nitrogen and oxygen atoms in total. The van der Waals surface area contributed by atoms with Gasteiger partial charge in [0.05, 0.1) is 6.54 Å². The minimum atomic E-state index is -4.54. The summed E-state index contributed by atoms with van der Waals surface area (Å²) in [6.45, 7) is 10.2. The Kier molecular flexibility index (Phi) is 7.93. The molecule has 1 heterocycles. The van der Waals surface area contributed by atoms with Crippen molar-refractivity contribution in [1.29, 1.82) is 0 Å². The van der Waals surface area contributed by atoms with E-state index in [0.717, 1.165) is 36.8 Å². The molecule has 0 bridgehead atoms. The van der Waals surface area contributed by atoms with Crippen LogP contribution in [-0.2, 0) is 14.6 Å². The van der Waals surface area contributed by atoms with Gasteiger partial charge in [-0.25, -0.2) is 0 Å². The Bertz CT molecular complexity index is 956. The third-order valence-corrected chi connectivity index (χ3v) is 10.0. The first kappa shape index (κ1) is 27.3. The van der Waals surface area contributed by atoms with Gasteiger partial charge in [0.1, 0.15) is 6.26 Å².